The molecule has 1 aliphatic rings. The van der Waals surface area contributed by atoms with E-state index < -0.39 is 0 Å². The zero-order chi connectivity index (χ0) is 18.9. The van der Waals surface area contributed by atoms with Crippen molar-refractivity contribution < 1.29 is 4.79 Å². The summed E-state index contributed by atoms with van der Waals surface area (Å²) in [4.78, 5) is 29.5. The van der Waals surface area contributed by atoms with Gasteiger partial charge in [0, 0.05) is 12.0 Å². The Morgan fingerprint density at radius 2 is 1.93 bits per heavy atom. The summed E-state index contributed by atoms with van der Waals surface area (Å²) in [5.41, 5.74) is 2.77. The summed E-state index contributed by atoms with van der Waals surface area (Å²) in [6, 6.07) is 15.9. The Bertz CT molecular complexity index is 1040. The molecule has 3 aromatic rings. The molecule has 1 fully saturated rings. The van der Waals surface area contributed by atoms with Crippen LogP contribution >= 0.6 is 0 Å². The fourth-order valence-electron chi connectivity index (χ4n) is 3.89. The van der Waals surface area contributed by atoms with Crippen molar-refractivity contribution in [2.24, 2.45) is 0 Å². The number of amides is 1. The molecule has 5 nitrogen and oxygen atoms in total. The maximum absolute atomic E-state index is 12.6. The van der Waals surface area contributed by atoms with Crippen LogP contribution in [-0.4, -0.2) is 22.0 Å². The van der Waals surface area contributed by atoms with Gasteiger partial charge in [-0.15, -0.1) is 0 Å². The van der Waals surface area contributed by atoms with Gasteiger partial charge in [0.15, 0.2) is 0 Å². The van der Waals surface area contributed by atoms with Crippen LogP contribution in [0.15, 0.2) is 59.7 Å². The average Bonchev–Trinajstić information content (AvgIpc) is 2.65. The van der Waals surface area contributed by atoms with Crippen LogP contribution in [0.25, 0.3) is 10.9 Å². The highest BCUT2D eigenvalue weighted by atomic mass is 16.2. The van der Waals surface area contributed by atoms with E-state index in [1.165, 1.54) is 22.9 Å². The third-order valence-corrected chi connectivity index (χ3v) is 5.69. The van der Waals surface area contributed by atoms with E-state index in [2.05, 4.69) is 22.4 Å². The highest BCUT2D eigenvalue weighted by molar-refractivity contribution is 5.81. The number of benzene rings is 2. The Morgan fingerprint density at radius 3 is 2.63 bits per heavy atom. The van der Waals surface area contributed by atoms with E-state index >= 15 is 0 Å². The van der Waals surface area contributed by atoms with Crippen LogP contribution in [0.1, 0.15) is 30.4 Å². The van der Waals surface area contributed by atoms with Gasteiger partial charge in [0.05, 0.1) is 17.2 Å². The van der Waals surface area contributed by atoms with Crippen molar-refractivity contribution in [1.29, 1.82) is 0 Å². The van der Waals surface area contributed by atoms with E-state index in [1.807, 2.05) is 37.3 Å². The highest BCUT2D eigenvalue weighted by Gasteiger charge is 2.38. The lowest BCUT2D eigenvalue weighted by Gasteiger charge is -2.42. The second kappa shape index (κ2) is 6.99. The van der Waals surface area contributed by atoms with Crippen LogP contribution in [0, 0.1) is 6.92 Å². The zero-order valence-electron chi connectivity index (χ0n) is 15.4. The van der Waals surface area contributed by atoms with E-state index in [0.29, 0.717) is 17.4 Å². The van der Waals surface area contributed by atoms with E-state index in [9.17, 15) is 9.59 Å². The van der Waals surface area contributed by atoms with E-state index in [1.54, 1.807) is 6.07 Å². The van der Waals surface area contributed by atoms with Crippen LogP contribution in [-0.2, 0) is 16.8 Å². The van der Waals surface area contributed by atoms with Crippen molar-refractivity contribution in [3.05, 3.63) is 76.3 Å². The predicted octanol–water partition coefficient (Wildman–Crippen LogP) is 2.94. The van der Waals surface area contributed by atoms with Gasteiger partial charge in [0.25, 0.3) is 5.56 Å². The summed E-state index contributed by atoms with van der Waals surface area (Å²) in [6.45, 7) is 2.51. The maximum atomic E-state index is 12.6. The normalized spacial score (nSPS) is 15.3. The Balaban J connectivity index is 1.48. The first kappa shape index (κ1) is 17.5. The van der Waals surface area contributed by atoms with Gasteiger partial charge in [0.2, 0.25) is 5.91 Å². The van der Waals surface area contributed by atoms with Gasteiger partial charge in [-0.1, -0.05) is 48.9 Å². The van der Waals surface area contributed by atoms with E-state index in [-0.39, 0.29) is 23.4 Å². The SMILES string of the molecule is Cc1cccc2c(=O)n(CC(=O)NCC3(c4ccccc4)CCC3)cnc12. The van der Waals surface area contributed by atoms with Gasteiger partial charge in [-0.3, -0.25) is 14.2 Å². The number of nitrogens with one attached hydrogen (secondary N) is 1. The van der Waals surface area contributed by atoms with Crippen molar-refractivity contribution in [2.45, 2.75) is 38.1 Å². The molecule has 0 radical (unpaired) electrons. The minimum absolute atomic E-state index is 0.0133. The number of aromatic nitrogens is 2. The van der Waals surface area contributed by atoms with Crippen LogP contribution in [0.5, 0.6) is 0 Å². The summed E-state index contributed by atoms with van der Waals surface area (Å²) in [7, 11) is 0. The lowest BCUT2D eigenvalue weighted by atomic mass is 9.64. The van der Waals surface area contributed by atoms with Gasteiger partial charge in [-0.2, -0.15) is 0 Å². The van der Waals surface area contributed by atoms with Gasteiger partial charge in [-0.25, -0.2) is 4.98 Å². The number of nitrogens with zero attached hydrogens (tertiary/aromatic N) is 2. The summed E-state index contributed by atoms with van der Waals surface area (Å²) < 4.78 is 1.38. The molecule has 5 heteroatoms. The molecular formula is C22H23N3O2. The van der Waals surface area contributed by atoms with Crippen LogP contribution in [0.2, 0.25) is 0 Å². The second-order valence-corrected chi connectivity index (χ2v) is 7.43. The number of carbonyl (C=O) groups is 1. The molecule has 138 valence electrons. The molecule has 0 aliphatic heterocycles. The smallest absolute Gasteiger partial charge is 0.261 e. The minimum atomic E-state index is -0.180. The highest BCUT2D eigenvalue weighted by Crippen LogP contribution is 2.43. The molecule has 1 amide bonds. The number of para-hydroxylation sites is 1. The van der Waals surface area contributed by atoms with Gasteiger partial charge < -0.3 is 5.32 Å². The first-order valence-corrected chi connectivity index (χ1v) is 9.36. The molecule has 1 saturated carbocycles. The van der Waals surface area contributed by atoms with Gasteiger partial charge >= 0.3 is 0 Å². The molecule has 1 N–H and O–H groups in total. The quantitative estimate of drug-likeness (QED) is 0.760. The molecule has 4 rings (SSSR count). The fourth-order valence-corrected chi connectivity index (χ4v) is 3.89. The van der Waals surface area contributed by atoms with Crippen molar-refractivity contribution in [2.75, 3.05) is 6.54 Å². The average molecular weight is 361 g/mol. The fraction of sp³-hybridized carbons (Fsp3) is 0.318. The summed E-state index contributed by atoms with van der Waals surface area (Å²) in [5.74, 6) is -0.159. The monoisotopic (exact) mass is 361 g/mol. The standard InChI is InChI=1S/C22H23N3O2/c1-16-7-5-10-18-20(16)24-15-25(21(18)27)13-19(26)23-14-22(11-6-12-22)17-8-3-2-4-9-17/h2-5,7-10,15H,6,11-14H2,1H3,(H,23,26). The van der Waals surface area contributed by atoms with Crippen LogP contribution < -0.4 is 10.9 Å². The zero-order valence-corrected chi connectivity index (χ0v) is 15.4. The number of hydrogen-bond donors (Lipinski definition) is 1. The van der Waals surface area contributed by atoms with Crippen molar-refractivity contribution in [1.82, 2.24) is 14.9 Å². The molecule has 0 bridgehead atoms. The number of rotatable bonds is 5. The number of fused-ring (bicyclic) bond motifs is 1. The Morgan fingerprint density at radius 1 is 1.15 bits per heavy atom. The molecule has 0 unspecified atom stereocenters. The summed E-state index contributed by atoms with van der Waals surface area (Å²) in [6.07, 6.45) is 4.80. The van der Waals surface area contributed by atoms with Crippen LogP contribution in [0.3, 0.4) is 0 Å². The lowest BCUT2D eigenvalue weighted by molar-refractivity contribution is -0.122. The van der Waals surface area contributed by atoms with Gasteiger partial charge in [-0.05, 0) is 37.0 Å². The van der Waals surface area contributed by atoms with E-state index in [4.69, 9.17) is 0 Å². The molecule has 27 heavy (non-hydrogen) atoms. The first-order valence-electron chi connectivity index (χ1n) is 9.36. The van der Waals surface area contributed by atoms with Crippen LogP contribution in [0.4, 0.5) is 0 Å². The topological polar surface area (TPSA) is 64.0 Å². The lowest BCUT2D eigenvalue weighted by Crippen LogP contribution is -2.46. The molecule has 2 aromatic carbocycles. The molecule has 1 heterocycles. The molecule has 0 saturated heterocycles. The van der Waals surface area contributed by atoms with Crippen molar-refractivity contribution in [3.8, 4) is 0 Å². The molecule has 0 atom stereocenters. The third-order valence-electron chi connectivity index (χ3n) is 5.69. The molecule has 0 spiro atoms. The summed E-state index contributed by atoms with van der Waals surface area (Å²) >= 11 is 0. The Kier molecular flexibility index (Phi) is 4.52. The molecule has 1 aromatic heterocycles. The molecule has 1 aliphatic carbocycles. The second-order valence-electron chi connectivity index (χ2n) is 7.43. The Hall–Kier alpha value is -2.95. The van der Waals surface area contributed by atoms with Gasteiger partial charge in [0.1, 0.15) is 6.54 Å². The summed E-state index contributed by atoms with van der Waals surface area (Å²) in [5, 5.41) is 3.58. The largest absolute Gasteiger partial charge is 0.354 e. The Labute approximate surface area is 158 Å². The maximum Gasteiger partial charge on any atom is 0.261 e. The molecular weight excluding hydrogens is 338 g/mol. The number of carbonyl (C=O) groups excluding carboxylic acids is 1. The van der Waals surface area contributed by atoms with E-state index in [0.717, 1.165) is 18.4 Å². The number of hydrogen-bond acceptors (Lipinski definition) is 3. The first-order chi connectivity index (χ1) is 13.1. The third kappa shape index (κ3) is 3.25. The number of aryl methyl sites for hydroxylation is 1. The minimum Gasteiger partial charge on any atom is -0.354 e. The van der Waals surface area contributed by atoms with Crippen molar-refractivity contribution in [3.63, 3.8) is 0 Å². The predicted molar refractivity (Wildman–Crippen MR) is 106 cm³/mol. The van der Waals surface area contributed by atoms with Crippen molar-refractivity contribution >= 4 is 16.8 Å².